The van der Waals surface area contributed by atoms with Gasteiger partial charge in [0.1, 0.15) is 12.4 Å². The Labute approximate surface area is 113 Å². The third kappa shape index (κ3) is 4.58. The van der Waals surface area contributed by atoms with E-state index in [2.05, 4.69) is 18.8 Å². The molecule has 2 nitrogen and oxygen atoms in total. The summed E-state index contributed by atoms with van der Waals surface area (Å²) in [6.45, 7) is 7.81. The summed E-state index contributed by atoms with van der Waals surface area (Å²) in [7, 11) is 0. The zero-order valence-corrected chi connectivity index (χ0v) is 11.4. The molecule has 0 radical (unpaired) electrons. The van der Waals surface area contributed by atoms with E-state index >= 15 is 0 Å². The average molecular weight is 274 g/mol. The molecule has 0 fully saturated rings. The van der Waals surface area contributed by atoms with Crippen molar-refractivity contribution in [3.63, 3.8) is 0 Å². The molecule has 0 bridgehead atoms. The van der Waals surface area contributed by atoms with Crippen LogP contribution in [-0.2, 0) is 6.54 Å². The number of hydrogen-bond acceptors (Lipinski definition) is 2. The fourth-order valence-electron chi connectivity index (χ4n) is 1.45. The van der Waals surface area contributed by atoms with Crippen molar-refractivity contribution in [2.24, 2.45) is 0 Å². The van der Waals surface area contributed by atoms with Crippen molar-refractivity contribution < 1.29 is 4.74 Å². The number of halogens is 2. The number of benzene rings is 1. The van der Waals surface area contributed by atoms with Gasteiger partial charge in [-0.3, -0.25) is 0 Å². The van der Waals surface area contributed by atoms with Gasteiger partial charge in [-0.25, -0.2) is 0 Å². The maximum absolute atomic E-state index is 6.11. The normalized spacial score (nSPS) is 10.3. The molecule has 1 rings (SSSR count). The monoisotopic (exact) mass is 273 g/mol. The number of nitrogens with one attached hydrogen (secondary N) is 1. The molecule has 0 aromatic heterocycles. The SMILES string of the molecule is C=CCOc1c(Cl)cc(Cl)cc1CNCCC. The summed E-state index contributed by atoms with van der Waals surface area (Å²) in [5.74, 6) is 0.680. The van der Waals surface area contributed by atoms with Crippen LogP contribution >= 0.6 is 23.2 Å². The Balaban J connectivity index is 2.85. The van der Waals surface area contributed by atoms with Gasteiger partial charge in [0.2, 0.25) is 0 Å². The second-order valence-corrected chi connectivity index (χ2v) is 4.50. The van der Waals surface area contributed by atoms with Crippen LogP contribution in [0.2, 0.25) is 10.0 Å². The Morgan fingerprint density at radius 2 is 2.18 bits per heavy atom. The van der Waals surface area contributed by atoms with E-state index < -0.39 is 0 Å². The Kier molecular flexibility index (Phi) is 6.41. The highest BCUT2D eigenvalue weighted by Crippen LogP contribution is 2.32. The van der Waals surface area contributed by atoms with E-state index in [4.69, 9.17) is 27.9 Å². The smallest absolute Gasteiger partial charge is 0.142 e. The Hall–Kier alpha value is -0.700. The van der Waals surface area contributed by atoms with Gasteiger partial charge < -0.3 is 10.1 Å². The molecule has 1 aromatic rings. The molecule has 0 amide bonds. The lowest BCUT2D eigenvalue weighted by Gasteiger charge is -2.13. The van der Waals surface area contributed by atoms with Gasteiger partial charge in [-0.15, -0.1) is 0 Å². The summed E-state index contributed by atoms with van der Waals surface area (Å²) in [4.78, 5) is 0. The minimum atomic E-state index is 0.433. The Morgan fingerprint density at radius 1 is 1.41 bits per heavy atom. The van der Waals surface area contributed by atoms with Crippen molar-refractivity contribution in [2.75, 3.05) is 13.2 Å². The van der Waals surface area contributed by atoms with Gasteiger partial charge in [-0.1, -0.05) is 42.8 Å². The van der Waals surface area contributed by atoms with E-state index in [1.54, 1.807) is 12.1 Å². The Morgan fingerprint density at radius 3 is 2.82 bits per heavy atom. The van der Waals surface area contributed by atoms with Crippen molar-refractivity contribution >= 4 is 23.2 Å². The molecule has 0 saturated carbocycles. The lowest BCUT2D eigenvalue weighted by Crippen LogP contribution is -2.15. The van der Waals surface area contributed by atoms with Gasteiger partial charge in [0, 0.05) is 17.1 Å². The van der Waals surface area contributed by atoms with Crippen LogP contribution in [0.5, 0.6) is 5.75 Å². The minimum Gasteiger partial charge on any atom is -0.488 e. The molecule has 0 atom stereocenters. The van der Waals surface area contributed by atoms with Crippen LogP contribution in [0.25, 0.3) is 0 Å². The van der Waals surface area contributed by atoms with Crippen molar-refractivity contribution in [3.05, 3.63) is 40.4 Å². The van der Waals surface area contributed by atoms with E-state index in [1.165, 1.54) is 0 Å². The summed E-state index contributed by atoms with van der Waals surface area (Å²) in [6, 6.07) is 3.55. The van der Waals surface area contributed by atoms with Crippen LogP contribution in [-0.4, -0.2) is 13.2 Å². The lowest BCUT2D eigenvalue weighted by atomic mass is 10.2. The fourth-order valence-corrected chi connectivity index (χ4v) is 2.04. The average Bonchev–Trinajstić information content (AvgIpc) is 2.28. The predicted octanol–water partition coefficient (Wildman–Crippen LogP) is 4.06. The fraction of sp³-hybridized carbons (Fsp3) is 0.385. The van der Waals surface area contributed by atoms with Crippen molar-refractivity contribution in [1.29, 1.82) is 0 Å². The van der Waals surface area contributed by atoms with Gasteiger partial charge in [-0.05, 0) is 25.1 Å². The quantitative estimate of drug-likeness (QED) is 0.598. The molecule has 0 aliphatic rings. The highest BCUT2D eigenvalue weighted by Gasteiger charge is 2.10. The van der Waals surface area contributed by atoms with Gasteiger partial charge in [0.25, 0.3) is 0 Å². The third-order valence-corrected chi connectivity index (χ3v) is 2.67. The summed E-state index contributed by atoms with van der Waals surface area (Å²) < 4.78 is 5.55. The first-order valence-corrected chi connectivity index (χ1v) is 6.37. The molecule has 4 heteroatoms. The topological polar surface area (TPSA) is 21.3 Å². The predicted molar refractivity (Wildman–Crippen MR) is 74.2 cm³/mol. The zero-order valence-electron chi connectivity index (χ0n) is 9.93. The lowest BCUT2D eigenvalue weighted by molar-refractivity contribution is 0.358. The van der Waals surface area contributed by atoms with Crippen LogP contribution in [0.15, 0.2) is 24.8 Å². The van der Waals surface area contributed by atoms with Gasteiger partial charge in [0.15, 0.2) is 0 Å². The van der Waals surface area contributed by atoms with Crippen LogP contribution in [0.4, 0.5) is 0 Å². The third-order valence-electron chi connectivity index (χ3n) is 2.17. The summed E-state index contributed by atoms with van der Waals surface area (Å²) in [5.41, 5.74) is 0.970. The van der Waals surface area contributed by atoms with Crippen molar-refractivity contribution in [2.45, 2.75) is 19.9 Å². The molecular weight excluding hydrogens is 257 g/mol. The molecule has 0 aliphatic carbocycles. The van der Waals surface area contributed by atoms with Crippen LogP contribution < -0.4 is 10.1 Å². The molecule has 94 valence electrons. The van der Waals surface area contributed by atoms with Crippen LogP contribution in [0.3, 0.4) is 0 Å². The van der Waals surface area contributed by atoms with Gasteiger partial charge in [0.05, 0.1) is 5.02 Å². The highest BCUT2D eigenvalue weighted by molar-refractivity contribution is 6.35. The summed E-state index contributed by atoms with van der Waals surface area (Å²) in [5, 5.41) is 4.45. The molecule has 0 saturated heterocycles. The maximum Gasteiger partial charge on any atom is 0.142 e. The first kappa shape index (κ1) is 14.4. The molecule has 0 heterocycles. The van der Waals surface area contributed by atoms with Crippen LogP contribution in [0, 0.1) is 0 Å². The standard InChI is InChI=1S/C13H17Cl2NO/c1-3-5-16-9-10-7-11(14)8-12(15)13(10)17-6-4-2/h4,7-8,16H,2-3,5-6,9H2,1H3. The summed E-state index contributed by atoms with van der Waals surface area (Å²) in [6.07, 6.45) is 2.77. The molecule has 0 unspecified atom stereocenters. The van der Waals surface area contributed by atoms with E-state index in [9.17, 15) is 0 Å². The van der Waals surface area contributed by atoms with E-state index in [0.717, 1.165) is 18.5 Å². The first-order valence-electron chi connectivity index (χ1n) is 5.61. The largest absolute Gasteiger partial charge is 0.488 e. The molecule has 0 spiro atoms. The molecule has 17 heavy (non-hydrogen) atoms. The zero-order chi connectivity index (χ0) is 12.7. The van der Waals surface area contributed by atoms with E-state index in [1.807, 2.05) is 6.07 Å². The molecular formula is C13H17Cl2NO. The van der Waals surface area contributed by atoms with E-state index in [-0.39, 0.29) is 0 Å². The number of rotatable bonds is 7. The molecule has 1 N–H and O–H groups in total. The maximum atomic E-state index is 6.11. The molecule has 1 aromatic carbocycles. The second-order valence-electron chi connectivity index (χ2n) is 3.65. The second kappa shape index (κ2) is 7.59. The van der Waals surface area contributed by atoms with Gasteiger partial charge >= 0.3 is 0 Å². The Bertz CT molecular complexity index is 380. The minimum absolute atomic E-state index is 0.433. The molecule has 0 aliphatic heterocycles. The number of hydrogen-bond donors (Lipinski definition) is 1. The van der Waals surface area contributed by atoms with E-state index in [0.29, 0.717) is 28.9 Å². The number of ether oxygens (including phenoxy) is 1. The van der Waals surface area contributed by atoms with Crippen molar-refractivity contribution in [3.8, 4) is 5.75 Å². The summed E-state index contributed by atoms with van der Waals surface area (Å²) >= 11 is 12.1. The first-order chi connectivity index (χ1) is 8.19. The van der Waals surface area contributed by atoms with Crippen molar-refractivity contribution in [1.82, 2.24) is 5.32 Å². The van der Waals surface area contributed by atoms with Crippen LogP contribution in [0.1, 0.15) is 18.9 Å². The highest BCUT2D eigenvalue weighted by atomic mass is 35.5. The van der Waals surface area contributed by atoms with Gasteiger partial charge in [-0.2, -0.15) is 0 Å².